The quantitative estimate of drug-likeness (QED) is 0.824. The Labute approximate surface area is 133 Å². The van der Waals surface area contributed by atoms with Crippen molar-refractivity contribution in [1.29, 1.82) is 0 Å². The van der Waals surface area contributed by atoms with E-state index in [9.17, 15) is 9.59 Å². The van der Waals surface area contributed by atoms with Crippen molar-refractivity contribution < 1.29 is 9.59 Å². The molecule has 0 aromatic heterocycles. The third-order valence-corrected chi connectivity index (χ3v) is 4.42. The predicted molar refractivity (Wildman–Crippen MR) is 85.2 cm³/mol. The zero-order chi connectivity index (χ0) is 14.5. The lowest BCUT2D eigenvalue weighted by molar-refractivity contribution is -0.131. The van der Waals surface area contributed by atoms with Crippen LogP contribution in [0.3, 0.4) is 0 Å². The Morgan fingerprint density at radius 2 is 1.90 bits per heavy atom. The van der Waals surface area contributed by atoms with Gasteiger partial charge in [-0.15, -0.1) is 12.4 Å². The highest BCUT2D eigenvalue weighted by atomic mass is 35.5. The molecule has 1 saturated carbocycles. The molecule has 1 aliphatic heterocycles. The van der Waals surface area contributed by atoms with E-state index in [0.29, 0.717) is 13.0 Å². The summed E-state index contributed by atoms with van der Waals surface area (Å²) in [4.78, 5) is 26.0. The minimum atomic E-state index is -0.0891. The van der Waals surface area contributed by atoms with Gasteiger partial charge in [-0.3, -0.25) is 9.59 Å². The predicted octanol–water partition coefficient (Wildman–Crippen LogP) is 1.44. The first kappa shape index (κ1) is 18.2. The fourth-order valence-electron chi connectivity index (χ4n) is 3.18. The van der Waals surface area contributed by atoms with Crippen LogP contribution in [0.1, 0.15) is 51.9 Å². The smallest absolute Gasteiger partial charge is 0.224 e. The molecule has 0 radical (unpaired) electrons. The summed E-state index contributed by atoms with van der Waals surface area (Å²) in [6, 6.07) is 0.0276. The van der Waals surface area contributed by atoms with Crippen LogP contribution >= 0.6 is 12.4 Å². The SMILES string of the molecule is CC(CC(=O)N1CC[C@@H](N)C1)NC(=O)C1CCCCC1.Cl. The molecule has 6 heteroatoms. The molecule has 1 aliphatic carbocycles. The molecule has 21 heavy (non-hydrogen) atoms. The Kier molecular flexibility index (Phi) is 7.46. The number of carbonyl (C=O) groups excluding carboxylic acids is 2. The van der Waals surface area contributed by atoms with E-state index in [1.54, 1.807) is 0 Å². The van der Waals surface area contributed by atoms with Crippen LogP contribution in [-0.2, 0) is 9.59 Å². The van der Waals surface area contributed by atoms with E-state index in [0.717, 1.165) is 38.6 Å². The van der Waals surface area contributed by atoms with Crippen LogP contribution in [0, 0.1) is 5.92 Å². The Morgan fingerprint density at radius 1 is 1.24 bits per heavy atom. The summed E-state index contributed by atoms with van der Waals surface area (Å²) in [5.41, 5.74) is 5.81. The second-order valence-corrected chi connectivity index (χ2v) is 6.34. The number of rotatable bonds is 4. The molecule has 1 unspecified atom stereocenters. The second kappa shape index (κ2) is 8.59. The summed E-state index contributed by atoms with van der Waals surface area (Å²) in [6.07, 6.45) is 6.79. The fourth-order valence-corrected chi connectivity index (χ4v) is 3.18. The lowest BCUT2D eigenvalue weighted by Crippen LogP contribution is -2.41. The topological polar surface area (TPSA) is 75.4 Å². The highest BCUT2D eigenvalue weighted by Gasteiger charge is 2.26. The van der Waals surface area contributed by atoms with E-state index in [1.165, 1.54) is 6.42 Å². The molecule has 2 rings (SSSR count). The van der Waals surface area contributed by atoms with Crippen LogP contribution in [0.2, 0.25) is 0 Å². The van der Waals surface area contributed by atoms with Crippen molar-refractivity contribution >= 4 is 24.2 Å². The summed E-state index contributed by atoms with van der Waals surface area (Å²) in [5, 5.41) is 3.00. The van der Waals surface area contributed by atoms with E-state index in [-0.39, 0.29) is 42.2 Å². The molecule has 2 aliphatic rings. The van der Waals surface area contributed by atoms with Gasteiger partial charge in [-0.25, -0.2) is 0 Å². The Balaban J connectivity index is 0.00000220. The van der Waals surface area contributed by atoms with Crippen molar-refractivity contribution in [3.05, 3.63) is 0 Å². The van der Waals surface area contributed by atoms with Crippen molar-refractivity contribution in [3.8, 4) is 0 Å². The molecule has 1 heterocycles. The standard InChI is InChI=1S/C15H27N3O2.ClH/c1-11(9-14(19)18-8-7-13(16)10-18)17-15(20)12-5-3-2-4-6-12;/h11-13H,2-10,16H2,1H3,(H,17,20);1H/t11?,13-;/m1./s1. The minimum absolute atomic E-state index is 0. The van der Waals surface area contributed by atoms with Gasteiger partial charge in [0.1, 0.15) is 0 Å². The van der Waals surface area contributed by atoms with Crippen molar-refractivity contribution in [1.82, 2.24) is 10.2 Å². The molecule has 0 aromatic rings. The molecule has 5 nitrogen and oxygen atoms in total. The van der Waals surface area contributed by atoms with Gasteiger partial charge in [0, 0.05) is 37.5 Å². The average Bonchev–Trinajstić information content (AvgIpc) is 2.86. The lowest BCUT2D eigenvalue weighted by Gasteiger charge is -2.24. The van der Waals surface area contributed by atoms with Crippen LogP contribution in [0.4, 0.5) is 0 Å². The van der Waals surface area contributed by atoms with Gasteiger partial charge in [0.15, 0.2) is 0 Å². The normalized spacial score (nSPS) is 24.3. The monoisotopic (exact) mass is 317 g/mol. The number of likely N-dealkylation sites (tertiary alicyclic amines) is 1. The molecule has 2 atom stereocenters. The average molecular weight is 318 g/mol. The Bertz CT molecular complexity index is 340. The van der Waals surface area contributed by atoms with Crippen molar-refractivity contribution in [3.63, 3.8) is 0 Å². The van der Waals surface area contributed by atoms with E-state index >= 15 is 0 Å². The van der Waals surface area contributed by atoms with Crippen molar-refractivity contribution in [2.24, 2.45) is 11.7 Å². The Morgan fingerprint density at radius 3 is 2.48 bits per heavy atom. The van der Waals surface area contributed by atoms with Crippen molar-refractivity contribution in [2.45, 2.75) is 64.0 Å². The first-order valence-corrected chi connectivity index (χ1v) is 7.90. The van der Waals surface area contributed by atoms with E-state index in [4.69, 9.17) is 5.73 Å². The second-order valence-electron chi connectivity index (χ2n) is 6.34. The van der Waals surface area contributed by atoms with Crippen molar-refractivity contribution in [2.75, 3.05) is 13.1 Å². The zero-order valence-electron chi connectivity index (χ0n) is 12.8. The first-order valence-electron chi connectivity index (χ1n) is 7.90. The van der Waals surface area contributed by atoms with Gasteiger partial charge in [0.25, 0.3) is 0 Å². The van der Waals surface area contributed by atoms with Gasteiger partial charge >= 0.3 is 0 Å². The van der Waals surface area contributed by atoms with Gasteiger partial charge in [0.05, 0.1) is 0 Å². The zero-order valence-corrected chi connectivity index (χ0v) is 13.7. The summed E-state index contributed by atoms with van der Waals surface area (Å²) >= 11 is 0. The number of amides is 2. The van der Waals surface area contributed by atoms with Crippen LogP contribution in [-0.4, -0.2) is 41.9 Å². The molecule has 0 bridgehead atoms. The molecule has 2 fully saturated rings. The van der Waals surface area contributed by atoms with Gasteiger partial charge in [-0.1, -0.05) is 19.3 Å². The fraction of sp³-hybridized carbons (Fsp3) is 0.867. The number of hydrogen-bond donors (Lipinski definition) is 2. The number of halogens is 1. The highest BCUT2D eigenvalue weighted by Crippen LogP contribution is 2.23. The van der Waals surface area contributed by atoms with Crippen LogP contribution < -0.4 is 11.1 Å². The van der Waals surface area contributed by atoms with Gasteiger partial charge in [0.2, 0.25) is 11.8 Å². The molecular formula is C15H28ClN3O2. The van der Waals surface area contributed by atoms with E-state index in [2.05, 4.69) is 5.32 Å². The first-order chi connectivity index (χ1) is 9.56. The van der Waals surface area contributed by atoms with Gasteiger partial charge in [-0.05, 0) is 26.2 Å². The molecular weight excluding hydrogens is 290 g/mol. The van der Waals surface area contributed by atoms with Crippen LogP contribution in [0.15, 0.2) is 0 Å². The number of carbonyl (C=O) groups is 2. The van der Waals surface area contributed by atoms with Crippen LogP contribution in [0.25, 0.3) is 0 Å². The van der Waals surface area contributed by atoms with Gasteiger partial charge in [-0.2, -0.15) is 0 Å². The number of nitrogens with two attached hydrogens (primary N) is 1. The number of nitrogens with one attached hydrogen (secondary N) is 1. The third kappa shape index (κ3) is 5.47. The summed E-state index contributed by atoms with van der Waals surface area (Å²) in [7, 11) is 0. The minimum Gasteiger partial charge on any atom is -0.353 e. The number of hydrogen-bond acceptors (Lipinski definition) is 3. The highest BCUT2D eigenvalue weighted by molar-refractivity contribution is 5.85. The number of nitrogens with zero attached hydrogens (tertiary/aromatic N) is 1. The summed E-state index contributed by atoms with van der Waals surface area (Å²) < 4.78 is 0. The molecule has 0 aromatic carbocycles. The molecule has 1 saturated heterocycles. The van der Waals surface area contributed by atoms with Gasteiger partial charge < -0.3 is 16.0 Å². The summed E-state index contributed by atoms with van der Waals surface area (Å²) in [5.74, 6) is 0.388. The maximum absolute atomic E-state index is 12.1. The van der Waals surface area contributed by atoms with Crippen LogP contribution in [0.5, 0.6) is 0 Å². The lowest BCUT2D eigenvalue weighted by atomic mass is 9.88. The van der Waals surface area contributed by atoms with E-state index < -0.39 is 0 Å². The maximum atomic E-state index is 12.1. The molecule has 3 N–H and O–H groups in total. The summed E-state index contributed by atoms with van der Waals surface area (Å²) in [6.45, 7) is 3.32. The van der Waals surface area contributed by atoms with E-state index in [1.807, 2.05) is 11.8 Å². The molecule has 2 amide bonds. The molecule has 0 spiro atoms. The maximum Gasteiger partial charge on any atom is 0.224 e. The Hall–Kier alpha value is -0.810. The molecule has 122 valence electrons. The third-order valence-electron chi connectivity index (χ3n) is 4.42. The largest absolute Gasteiger partial charge is 0.353 e.